The highest BCUT2D eigenvalue weighted by Crippen LogP contribution is 2.22. The van der Waals surface area contributed by atoms with Crippen LogP contribution in [0.15, 0.2) is 35.7 Å². The molecule has 0 aliphatic heterocycles. The van der Waals surface area contributed by atoms with Crippen LogP contribution >= 0.6 is 11.3 Å². The van der Waals surface area contributed by atoms with Gasteiger partial charge in [0.2, 0.25) is 0 Å². The molecule has 0 unspecified atom stereocenters. The van der Waals surface area contributed by atoms with E-state index in [9.17, 15) is 4.39 Å². The van der Waals surface area contributed by atoms with E-state index >= 15 is 0 Å². The number of aryl methyl sites for hydroxylation is 4. The molecule has 0 bridgehead atoms. The van der Waals surface area contributed by atoms with Crippen molar-refractivity contribution in [1.82, 2.24) is 14.8 Å². The molecule has 0 atom stereocenters. The minimum atomic E-state index is -0.223. The molecule has 2 aromatic heterocycles. The van der Waals surface area contributed by atoms with Crippen molar-refractivity contribution in [2.24, 2.45) is 0 Å². The number of hydrogen-bond acceptors (Lipinski definition) is 3. The molecule has 0 saturated carbocycles. The van der Waals surface area contributed by atoms with Gasteiger partial charge in [0.1, 0.15) is 5.82 Å². The topological polar surface area (TPSA) is 30.7 Å². The number of halogens is 1. The smallest absolute Gasteiger partial charge is 0.123 e. The van der Waals surface area contributed by atoms with Gasteiger partial charge in [-0.25, -0.2) is 9.37 Å². The molecule has 0 spiro atoms. The lowest BCUT2D eigenvalue weighted by Crippen LogP contribution is -2.05. The van der Waals surface area contributed by atoms with Gasteiger partial charge in [-0.3, -0.25) is 4.68 Å². The average molecular weight is 301 g/mol. The third-order valence-electron chi connectivity index (χ3n) is 3.33. The van der Waals surface area contributed by atoms with Crippen LogP contribution < -0.4 is 0 Å². The number of thiazole rings is 1. The normalized spacial score (nSPS) is 11.0. The van der Waals surface area contributed by atoms with E-state index in [-0.39, 0.29) is 5.82 Å². The maximum atomic E-state index is 12.9. The van der Waals surface area contributed by atoms with Crippen molar-refractivity contribution in [1.29, 1.82) is 0 Å². The molecule has 0 fully saturated rings. The largest absolute Gasteiger partial charge is 0.269 e. The molecular formula is C16H16FN3S. The Labute approximate surface area is 127 Å². The van der Waals surface area contributed by atoms with Crippen molar-refractivity contribution in [3.8, 4) is 11.3 Å². The van der Waals surface area contributed by atoms with Crippen LogP contribution in [0.25, 0.3) is 11.3 Å². The molecule has 3 rings (SSSR count). The molecule has 0 aliphatic carbocycles. The van der Waals surface area contributed by atoms with Crippen molar-refractivity contribution < 1.29 is 4.39 Å². The molecular weight excluding hydrogens is 285 g/mol. The summed E-state index contributed by atoms with van der Waals surface area (Å²) in [4.78, 5) is 4.62. The lowest BCUT2D eigenvalue weighted by Gasteiger charge is -2.02. The Bertz CT molecular complexity index is 743. The average Bonchev–Trinajstić information content (AvgIpc) is 3.04. The third-order valence-corrected chi connectivity index (χ3v) is 4.24. The first-order valence-electron chi connectivity index (χ1n) is 6.83. The fraction of sp³-hybridized carbons (Fsp3) is 0.250. The predicted octanol–water partition coefficient (Wildman–Crippen LogP) is 4.01. The van der Waals surface area contributed by atoms with Gasteiger partial charge < -0.3 is 0 Å². The summed E-state index contributed by atoms with van der Waals surface area (Å²) in [7, 11) is 0. The van der Waals surface area contributed by atoms with E-state index in [2.05, 4.69) is 23.1 Å². The lowest BCUT2D eigenvalue weighted by atomic mass is 10.2. The molecule has 21 heavy (non-hydrogen) atoms. The monoisotopic (exact) mass is 301 g/mol. The van der Waals surface area contributed by atoms with Crippen LogP contribution in [0.5, 0.6) is 0 Å². The van der Waals surface area contributed by atoms with Gasteiger partial charge in [0.15, 0.2) is 0 Å². The highest BCUT2D eigenvalue weighted by atomic mass is 32.1. The predicted molar refractivity (Wildman–Crippen MR) is 82.9 cm³/mol. The van der Waals surface area contributed by atoms with Crippen molar-refractivity contribution in [3.05, 3.63) is 57.9 Å². The van der Waals surface area contributed by atoms with Gasteiger partial charge in [0.25, 0.3) is 0 Å². The van der Waals surface area contributed by atoms with Crippen LogP contribution in [0.1, 0.15) is 16.4 Å². The van der Waals surface area contributed by atoms with Gasteiger partial charge >= 0.3 is 0 Å². The van der Waals surface area contributed by atoms with Crippen LogP contribution in [0.3, 0.4) is 0 Å². The summed E-state index contributed by atoms with van der Waals surface area (Å²) in [6.07, 6.45) is 0.855. The molecule has 0 amide bonds. The Kier molecular flexibility index (Phi) is 3.84. The van der Waals surface area contributed by atoms with Gasteiger partial charge in [-0.2, -0.15) is 5.10 Å². The quantitative estimate of drug-likeness (QED) is 0.729. The van der Waals surface area contributed by atoms with Crippen molar-refractivity contribution >= 4 is 11.3 Å². The fourth-order valence-corrected chi connectivity index (χ4v) is 3.08. The highest BCUT2D eigenvalue weighted by molar-refractivity contribution is 7.09. The zero-order valence-electron chi connectivity index (χ0n) is 12.0. The first-order chi connectivity index (χ1) is 10.1. The van der Waals surface area contributed by atoms with E-state index in [1.165, 1.54) is 17.8 Å². The van der Waals surface area contributed by atoms with Crippen LogP contribution in [-0.2, 0) is 13.0 Å². The lowest BCUT2D eigenvalue weighted by molar-refractivity contribution is 0.593. The molecule has 0 aliphatic rings. The molecule has 0 N–H and O–H groups in total. The molecule has 3 aromatic rings. The Morgan fingerprint density at radius 2 is 1.95 bits per heavy atom. The Morgan fingerprint density at radius 3 is 2.62 bits per heavy atom. The first kappa shape index (κ1) is 13.9. The summed E-state index contributed by atoms with van der Waals surface area (Å²) in [5.74, 6) is -0.223. The second-order valence-electron chi connectivity index (χ2n) is 5.03. The third kappa shape index (κ3) is 3.19. The van der Waals surface area contributed by atoms with E-state index in [1.807, 2.05) is 17.0 Å². The van der Waals surface area contributed by atoms with Crippen LogP contribution in [-0.4, -0.2) is 14.8 Å². The van der Waals surface area contributed by atoms with E-state index in [0.717, 1.165) is 34.9 Å². The van der Waals surface area contributed by atoms with Crippen molar-refractivity contribution in [3.63, 3.8) is 0 Å². The number of nitrogens with zero attached hydrogens (tertiary/aromatic N) is 3. The number of benzene rings is 1. The minimum Gasteiger partial charge on any atom is -0.269 e. The van der Waals surface area contributed by atoms with Gasteiger partial charge in [-0.1, -0.05) is 0 Å². The zero-order valence-corrected chi connectivity index (χ0v) is 12.8. The van der Waals surface area contributed by atoms with Crippen molar-refractivity contribution in [2.45, 2.75) is 26.8 Å². The van der Waals surface area contributed by atoms with Gasteiger partial charge in [-0.15, -0.1) is 11.3 Å². The molecule has 108 valence electrons. The minimum absolute atomic E-state index is 0.223. The highest BCUT2D eigenvalue weighted by Gasteiger charge is 2.06. The van der Waals surface area contributed by atoms with E-state index in [0.29, 0.717) is 0 Å². The number of hydrogen-bond donors (Lipinski definition) is 0. The SMILES string of the molecule is Cc1cc(C)n(CCc2nc(-c3ccc(F)cc3)cs2)n1. The van der Waals surface area contributed by atoms with Gasteiger partial charge in [0, 0.05) is 29.6 Å². The second kappa shape index (κ2) is 5.77. The van der Waals surface area contributed by atoms with Crippen molar-refractivity contribution in [2.75, 3.05) is 0 Å². The van der Waals surface area contributed by atoms with Crippen LogP contribution in [0, 0.1) is 19.7 Å². The number of aromatic nitrogens is 3. The second-order valence-corrected chi connectivity index (χ2v) is 5.98. The summed E-state index contributed by atoms with van der Waals surface area (Å²) in [6, 6.07) is 8.52. The Morgan fingerprint density at radius 1 is 1.19 bits per heavy atom. The fourth-order valence-electron chi connectivity index (χ4n) is 2.28. The summed E-state index contributed by atoms with van der Waals surface area (Å²) in [5, 5.41) is 7.54. The van der Waals surface area contributed by atoms with E-state index in [1.54, 1.807) is 23.5 Å². The molecule has 3 nitrogen and oxygen atoms in total. The Hall–Kier alpha value is -2.01. The van der Waals surface area contributed by atoms with Gasteiger partial charge in [0.05, 0.1) is 16.4 Å². The molecule has 5 heteroatoms. The molecule has 1 aromatic carbocycles. The molecule has 2 heterocycles. The zero-order chi connectivity index (χ0) is 14.8. The van der Waals surface area contributed by atoms with Crippen LogP contribution in [0.4, 0.5) is 4.39 Å². The van der Waals surface area contributed by atoms with E-state index in [4.69, 9.17) is 0 Å². The maximum absolute atomic E-state index is 12.9. The van der Waals surface area contributed by atoms with Gasteiger partial charge in [-0.05, 0) is 44.2 Å². The maximum Gasteiger partial charge on any atom is 0.123 e. The first-order valence-corrected chi connectivity index (χ1v) is 7.71. The number of rotatable bonds is 4. The standard InChI is InChI=1S/C16H16FN3S/c1-11-9-12(2)20(19-11)8-7-16-18-15(10-21-16)13-3-5-14(17)6-4-13/h3-6,9-10H,7-8H2,1-2H3. The van der Waals surface area contributed by atoms with E-state index < -0.39 is 0 Å². The summed E-state index contributed by atoms with van der Waals surface area (Å²) >= 11 is 1.63. The Balaban J connectivity index is 1.70. The summed E-state index contributed by atoms with van der Waals surface area (Å²) in [6.45, 7) is 4.89. The molecule has 0 saturated heterocycles. The van der Waals surface area contributed by atoms with Crippen LogP contribution in [0.2, 0.25) is 0 Å². The molecule has 0 radical (unpaired) electrons. The summed E-state index contributed by atoms with van der Waals surface area (Å²) < 4.78 is 14.9. The summed E-state index contributed by atoms with van der Waals surface area (Å²) in [5.41, 5.74) is 4.06.